The van der Waals surface area contributed by atoms with Gasteiger partial charge in [0.15, 0.2) is 11.5 Å². The summed E-state index contributed by atoms with van der Waals surface area (Å²) in [7, 11) is 1.55. The minimum atomic E-state index is -0.438. The Balaban J connectivity index is 1.76. The van der Waals surface area contributed by atoms with Crippen LogP contribution >= 0.6 is 11.6 Å². The molecular formula is C26H29ClN2O7. The Labute approximate surface area is 214 Å². The summed E-state index contributed by atoms with van der Waals surface area (Å²) < 4.78 is 15.6. The van der Waals surface area contributed by atoms with Crippen molar-refractivity contribution in [3.8, 4) is 39.7 Å². The zero-order valence-corrected chi connectivity index (χ0v) is 20.9. The van der Waals surface area contributed by atoms with Gasteiger partial charge < -0.3 is 29.5 Å². The number of nitrogens with zero attached hydrogens (tertiary/aromatic N) is 1. The summed E-state index contributed by atoms with van der Waals surface area (Å²) in [6.07, 6.45) is 3.54. The van der Waals surface area contributed by atoms with E-state index in [1.165, 1.54) is 6.07 Å². The van der Waals surface area contributed by atoms with Crippen molar-refractivity contribution in [3.05, 3.63) is 47.1 Å². The maximum absolute atomic E-state index is 13.0. The highest BCUT2D eigenvalue weighted by molar-refractivity contribution is 6.32. The fourth-order valence-electron chi connectivity index (χ4n) is 3.65. The number of esters is 1. The average Bonchev–Trinajstić information content (AvgIpc) is 3.30. The van der Waals surface area contributed by atoms with Gasteiger partial charge >= 0.3 is 5.97 Å². The van der Waals surface area contributed by atoms with E-state index in [9.17, 15) is 19.8 Å². The largest absolute Gasteiger partial charge is 0.507 e. The summed E-state index contributed by atoms with van der Waals surface area (Å²) in [5.74, 6) is -0.447. The van der Waals surface area contributed by atoms with E-state index in [1.807, 2.05) is 0 Å². The second kappa shape index (κ2) is 12.8. The quantitative estimate of drug-likeness (QED) is 0.217. The molecule has 0 saturated heterocycles. The number of carbonyl (C=O) groups excluding carboxylic acids is 2. The van der Waals surface area contributed by atoms with Crippen molar-refractivity contribution in [1.82, 2.24) is 10.5 Å². The van der Waals surface area contributed by atoms with Gasteiger partial charge in [0, 0.05) is 19.0 Å². The van der Waals surface area contributed by atoms with Crippen molar-refractivity contribution >= 4 is 23.5 Å². The molecule has 3 aromatic rings. The molecule has 0 aliphatic rings. The van der Waals surface area contributed by atoms with Crippen molar-refractivity contribution in [3.63, 3.8) is 0 Å². The Hall–Kier alpha value is -3.72. The number of ether oxygens (including phenoxy) is 2. The van der Waals surface area contributed by atoms with E-state index in [0.717, 1.165) is 31.7 Å². The van der Waals surface area contributed by atoms with Gasteiger partial charge in [-0.05, 0) is 43.5 Å². The molecule has 3 rings (SSSR count). The van der Waals surface area contributed by atoms with E-state index in [1.54, 1.807) is 38.3 Å². The molecule has 0 radical (unpaired) electrons. The Morgan fingerprint density at radius 1 is 1.06 bits per heavy atom. The maximum atomic E-state index is 13.0. The summed E-state index contributed by atoms with van der Waals surface area (Å²) in [6.45, 7) is 2.58. The lowest BCUT2D eigenvalue weighted by Gasteiger charge is -2.09. The molecule has 9 nitrogen and oxygen atoms in total. The lowest BCUT2D eigenvalue weighted by atomic mass is 9.98. The molecule has 0 aliphatic heterocycles. The van der Waals surface area contributed by atoms with Crippen LogP contribution in [0.15, 0.2) is 40.9 Å². The first-order valence-corrected chi connectivity index (χ1v) is 12.0. The van der Waals surface area contributed by atoms with E-state index in [0.29, 0.717) is 36.4 Å². The van der Waals surface area contributed by atoms with Crippen molar-refractivity contribution in [2.75, 3.05) is 20.3 Å². The molecule has 0 fully saturated rings. The zero-order valence-electron chi connectivity index (χ0n) is 20.2. The number of unbranched alkanes of at least 4 members (excludes halogenated alkanes) is 3. The number of halogens is 1. The van der Waals surface area contributed by atoms with E-state index in [2.05, 4.69) is 10.5 Å². The highest BCUT2D eigenvalue weighted by Gasteiger charge is 2.26. The lowest BCUT2D eigenvalue weighted by Crippen LogP contribution is -2.25. The first-order valence-electron chi connectivity index (χ1n) is 11.7. The topological polar surface area (TPSA) is 131 Å². The Kier molecular flexibility index (Phi) is 9.58. The maximum Gasteiger partial charge on any atom is 0.305 e. The molecule has 0 unspecified atom stereocenters. The van der Waals surface area contributed by atoms with E-state index < -0.39 is 5.91 Å². The van der Waals surface area contributed by atoms with Crippen LogP contribution in [0.4, 0.5) is 0 Å². The third-order valence-electron chi connectivity index (χ3n) is 5.49. The first kappa shape index (κ1) is 26.9. The number of amides is 1. The highest BCUT2D eigenvalue weighted by atomic mass is 35.5. The van der Waals surface area contributed by atoms with Gasteiger partial charge in [0.25, 0.3) is 5.91 Å². The van der Waals surface area contributed by atoms with E-state index >= 15 is 0 Å². The molecule has 1 amide bonds. The van der Waals surface area contributed by atoms with Crippen molar-refractivity contribution in [2.24, 2.45) is 0 Å². The number of carbonyl (C=O) groups is 2. The van der Waals surface area contributed by atoms with Crippen molar-refractivity contribution in [2.45, 2.75) is 39.0 Å². The lowest BCUT2D eigenvalue weighted by molar-refractivity contribution is -0.143. The SMILES string of the molecule is CCOC(=O)CCCCCCNC(=O)c1noc(-c2cc(Cl)c(O)cc2O)c1-c1ccc(OC)cc1. The molecule has 1 heterocycles. The molecule has 36 heavy (non-hydrogen) atoms. The number of benzene rings is 2. The smallest absolute Gasteiger partial charge is 0.305 e. The summed E-state index contributed by atoms with van der Waals surface area (Å²) in [5.41, 5.74) is 1.19. The highest BCUT2D eigenvalue weighted by Crippen LogP contribution is 2.43. The van der Waals surface area contributed by atoms with Gasteiger partial charge in [-0.25, -0.2) is 0 Å². The number of hydrogen-bond acceptors (Lipinski definition) is 8. The average molecular weight is 517 g/mol. The summed E-state index contributed by atoms with van der Waals surface area (Å²) in [5, 5.41) is 27.1. The summed E-state index contributed by atoms with van der Waals surface area (Å²) >= 11 is 6.05. The first-order chi connectivity index (χ1) is 17.3. The molecule has 0 atom stereocenters. The van der Waals surface area contributed by atoms with Gasteiger partial charge in [-0.2, -0.15) is 0 Å². The Morgan fingerprint density at radius 2 is 1.78 bits per heavy atom. The molecule has 1 aromatic heterocycles. The zero-order chi connectivity index (χ0) is 26.1. The molecule has 2 aromatic carbocycles. The minimum Gasteiger partial charge on any atom is -0.507 e. The number of hydrogen-bond donors (Lipinski definition) is 3. The second-order valence-electron chi connectivity index (χ2n) is 8.01. The molecule has 0 bridgehead atoms. The van der Waals surface area contributed by atoms with Gasteiger partial charge in [0.1, 0.15) is 17.2 Å². The van der Waals surface area contributed by atoms with Crippen LogP contribution in [0.25, 0.3) is 22.5 Å². The van der Waals surface area contributed by atoms with E-state index in [-0.39, 0.29) is 39.5 Å². The normalized spacial score (nSPS) is 10.8. The van der Waals surface area contributed by atoms with E-state index in [4.69, 9.17) is 25.6 Å². The van der Waals surface area contributed by atoms with Gasteiger partial charge in [-0.1, -0.05) is 41.7 Å². The minimum absolute atomic E-state index is 0.00818. The predicted molar refractivity (Wildman–Crippen MR) is 134 cm³/mol. The Morgan fingerprint density at radius 3 is 2.47 bits per heavy atom. The van der Waals surface area contributed by atoms with Gasteiger partial charge in [0.2, 0.25) is 0 Å². The molecule has 0 saturated carbocycles. The number of phenolic OH excluding ortho intramolecular Hbond substituents is 2. The van der Waals surface area contributed by atoms with Crippen molar-refractivity contribution in [1.29, 1.82) is 0 Å². The third kappa shape index (κ3) is 6.69. The fourth-order valence-corrected chi connectivity index (χ4v) is 3.82. The monoisotopic (exact) mass is 516 g/mol. The Bertz CT molecular complexity index is 1190. The van der Waals surface area contributed by atoms with Gasteiger partial charge in [-0.15, -0.1) is 0 Å². The van der Waals surface area contributed by atoms with Crippen LogP contribution < -0.4 is 10.1 Å². The number of phenols is 2. The molecule has 192 valence electrons. The summed E-state index contributed by atoms with van der Waals surface area (Å²) in [6, 6.07) is 9.39. The van der Waals surface area contributed by atoms with Crippen LogP contribution in [-0.2, 0) is 9.53 Å². The number of rotatable bonds is 12. The van der Waals surface area contributed by atoms with Gasteiger partial charge in [-0.3, -0.25) is 9.59 Å². The van der Waals surface area contributed by atoms with Crippen LogP contribution in [0, 0.1) is 0 Å². The standard InChI is InChI=1S/C26H29ClN2O7/c1-3-35-22(32)8-6-4-5-7-13-28-26(33)24-23(16-9-11-17(34-2)12-10-16)25(36-29-24)18-14-19(27)21(31)15-20(18)30/h9-12,14-15,30-31H,3-8,13H2,1-2H3,(H,28,33). The molecule has 3 N–H and O–H groups in total. The molecule has 0 aliphatic carbocycles. The van der Waals surface area contributed by atoms with Crippen LogP contribution in [0.5, 0.6) is 17.2 Å². The fraction of sp³-hybridized carbons (Fsp3) is 0.346. The second-order valence-corrected chi connectivity index (χ2v) is 8.42. The predicted octanol–water partition coefficient (Wildman–Crippen LogP) is 5.33. The van der Waals surface area contributed by atoms with Crippen LogP contribution in [0.2, 0.25) is 5.02 Å². The van der Waals surface area contributed by atoms with Crippen LogP contribution in [-0.4, -0.2) is 47.5 Å². The molecule has 0 spiro atoms. The molecule has 10 heteroatoms. The van der Waals surface area contributed by atoms with Gasteiger partial charge in [0.05, 0.1) is 29.9 Å². The number of nitrogens with one attached hydrogen (secondary N) is 1. The molecular weight excluding hydrogens is 488 g/mol. The third-order valence-corrected chi connectivity index (χ3v) is 5.80. The van der Waals surface area contributed by atoms with Crippen molar-refractivity contribution < 1.29 is 33.8 Å². The number of methoxy groups -OCH3 is 1. The van der Waals surface area contributed by atoms with Crippen LogP contribution in [0.1, 0.15) is 49.5 Å². The number of aromatic nitrogens is 1. The van der Waals surface area contributed by atoms with Crippen LogP contribution in [0.3, 0.4) is 0 Å². The summed E-state index contributed by atoms with van der Waals surface area (Å²) in [4.78, 5) is 24.4. The number of aromatic hydroxyl groups is 2.